The van der Waals surface area contributed by atoms with Crippen molar-refractivity contribution < 1.29 is 13.2 Å². The van der Waals surface area contributed by atoms with Crippen LogP contribution in [0.15, 0.2) is 30.3 Å². The van der Waals surface area contributed by atoms with Crippen LogP contribution in [0, 0.1) is 5.92 Å². The normalized spacial score (nSPS) is 22.2. The summed E-state index contributed by atoms with van der Waals surface area (Å²) in [7, 11) is -0.352. The predicted molar refractivity (Wildman–Crippen MR) is 82.2 cm³/mol. The first-order valence-electron chi connectivity index (χ1n) is 7.07. The Balaban J connectivity index is 2.01. The van der Waals surface area contributed by atoms with E-state index >= 15 is 0 Å². The number of likely N-dealkylation sites (tertiary alicyclic amines) is 1. The average Bonchev–Trinajstić information content (AvgIpc) is 2.43. The number of hydrogen-bond acceptors (Lipinski definition) is 3. The van der Waals surface area contributed by atoms with Gasteiger partial charge in [-0.2, -0.15) is 0 Å². The maximum atomic E-state index is 12.3. The molecule has 0 N–H and O–H groups in total. The number of amides is 1. The third kappa shape index (κ3) is 3.44. The largest absolute Gasteiger partial charge is 0.335 e. The first-order valence-corrected chi connectivity index (χ1v) is 8.68. The van der Waals surface area contributed by atoms with Gasteiger partial charge in [0.2, 0.25) is 15.9 Å². The fourth-order valence-corrected chi connectivity index (χ4v) is 3.45. The van der Waals surface area contributed by atoms with Gasteiger partial charge in [0, 0.05) is 27.1 Å². The minimum Gasteiger partial charge on any atom is -0.335 e. The smallest absolute Gasteiger partial charge is 0.224 e. The molecule has 0 spiro atoms. The summed E-state index contributed by atoms with van der Waals surface area (Å²) >= 11 is 0. The number of sulfonamides is 1. The molecule has 0 aliphatic carbocycles. The van der Waals surface area contributed by atoms with E-state index in [1.54, 1.807) is 4.90 Å². The molecule has 0 aromatic heterocycles. The van der Waals surface area contributed by atoms with Crippen molar-refractivity contribution in [2.75, 3.05) is 26.4 Å². The molecule has 0 bridgehead atoms. The van der Waals surface area contributed by atoms with Crippen molar-refractivity contribution in [3.8, 4) is 0 Å². The molecular weight excluding hydrogens is 288 g/mol. The van der Waals surface area contributed by atoms with E-state index in [9.17, 15) is 13.2 Å². The summed E-state index contributed by atoms with van der Waals surface area (Å²) in [6, 6.07) is 9.96. The van der Waals surface area contributed by atoms with Gasteiger partial charge in [0.25, 0.3) is 0 Å². The van der Waals surface area contributed by atoms with Crippen molar-refractivity contribution in [1.29, 1.82) is 0 Å². The fraction of sp³-hybridized carbons (Fsp3) is 0.533. The molecule has 5 nitrogen and oxygen atoms in total. The van der Waals surface area contributed by atoms with Crippen LogP contribution in [-0.2, 0) is 14.8 Å². The van der Waals surface area contributed by atoms with Gasteiger partial charge in [-0.1, -0.05) is 37.3 Å². The molecule has 2 atom stereocenters. The number of benzene rings is 1. The summed E-state index contributed by atoms with van der Waals surface area (Å²) in [6.07, 6.45) is 0.0383. The lowest BCUT2D eigenvalue weighted by atomic mass is 9.84. The summed E-state index contributed by atoms with van der Waals surface area (Å²) in [5.74, 6) is 0.180. The van der Waals surface area contributed by atoms with Crippen molar-refractivity contribution in [1.82, 2.24) is 9.21 Å². The molecule has 6 heteroatoms. The van der Waals surface area contributed by atoms with Crippen LogP contribution in [-0.4, -0.2) is 49.9 Å². The third-order valence-electron chi connectivity index (χ3n) is 3.95. The molecule has 1 aromatic carbocycles. The molecule has 1 aromatic rings. The fourth-order valence-electron chi connectivity index (χ4n) is 2.65. The summed E-state index contributed by atoms with van der Waals surface area (Å²) in [4.78, 5) is 14.0. The lowest BCUT2D eigenvalue weighted by Gasteiger charge is -2.47. The number of nitrogens with zero attached hydrogens (tertiary/aromatic N) is 2. The van der Waals surface area contributed by atoms with Crippen LogP contribution in [0.4, 0.5) is 0 Å². The maximum absolute atomic E-state index is 12.3. The van der Waals surface area contributed by atoms with Crippen molar-refractivity contribution >= 4 is 15.9 Å². The van der Waals surface area contributed by atoms with Gasteiger partial charge in [-0.3, -0.25) is 4.79 Å². The minimum atomic E-state index is -3.32. The molecule has 1 fully saturated rings. The van der Waals surface area contributed by atoms with Crippen molar-refractivity contribution in [2.24, 2.45) is 5.92 Å². The lowest BCUT2D eigenvalue weighted by molar-refractivity contribution is -0.143. The molecular formula is C15H22N2O3S. The molecule has 1 heterocycles. The quantitative estimate of drug-likeness (QED) is 0.828. The van der Waals surface area contributed by atoms with Crippen LogP contribution in [0.25, 0.3) is 0 Å². The highest BCUT2D eigenvalue weighted by Crippen LogP contribution is 2.38. The second kappa shape index (κ2) is 6.15. The Hall–Kier alpha value is -1.40. The molecule has 1 aliphatic rings. The summed E-state index contributed by atoms with van der Waals surface area (Å²) in [5, 5.41) is 0. The van der Waals surface area contributed by atoms with E-state index in [4.69, 9.17) is 0 Å². The Morgan fingerprint density at radius 1 is 1.29 bits per heavy atom. The standard InChI is InChI=1S/C15H22N2O3S/c1-12-11-17(15(12)13-7-5-4-6-8-13)14(18)9-10-21(19,20)16(2)3/h4-8,12,15H,9-11H2,1-3H3/t12-,15+/m0/s1. The van der Waals surface area contributed by atoms with Gasteiger partial charge in [-0.15, -0.1) is 0 Å². The van der Waals surface area contributed by atoms with E-state index in [-0.39, 0.29) is 24.1 Å². The Kier molecular flexibility index (Phi) is 4.68. The highest BCUT2D eigenvalue weighted by atomic mass is 32.2. The summed E-state index contributed by atoms with van der Waals surface area (Å²) < 4.78 is 24.6. The monoisotopic (exact) mass is 310 g/mol. The van der Waals surface area contributed by atoms with Gasteiger partial charge in [0.1, 0.15) is 0 Å². The van der Waals surface area contributed by atoms with Crippen LogP contribution in [0.3, 0.4) is 0 Å². The molecule has 0 radical (unpaired) electrons. The van der Waals surface area contributed by atoms with E-state index in [2.05, 4.69) is 6.92 Å². The number of carbonyl (C=O) groups excluding carboxylic acids is 1. The highest BCUT2D eigenvalue weighted by molar-refractivity contribution is 7.89. The number of rotatable bonds is 5. The maximum Gasteiger partial charge on any atom is 0.224 e. The van der Waals surface area contributed by atoms with Gasteiger partial charge in [-0.05, 0) is 11.5 Å². The van der Waals surface area contributed by atoms with E-state index in [1.807, 2.05) is 30.3 Å². The summed E-state index contributed by atoms with van der Waals surface area (Å²) in [6.45, 7) is 2.80. The molecule has 1 saturated heterocycles. The van der Waals surface area contributed by atoms with Gasteiger partial charge >= 0.3 is 0 Å². The minimum absolute atomic E-state index is 0.0383. The van der Waals surface area contributed by atoms with Crippen LogP contribution < -0.4 is 0 Å². The summed E-state index contributed by atoms with van der Waals surface area (Å²) in [5.41, 5.74) is 1.11. The second-order valence-electron chi connectivity index (χ2n) is 5.73. The topological polar surface area (TPSA) is 57.7 Å². The highest BCUT2D eigenvalue weighted by Gasteiger charge is 2.39. The second-order valence-corrected chi connectivity index (χ2v) is 8.03. The van der Waals surface area contributed by atoms with Gasteiger partial charge in [-0.25, -0.2) is 12.7 Å². The Bertz CT molecular complexity index is 599. The van der Waals surface area contributed by atoms with Crippen molar-refractivity contribution in [3.05, 3.63) is 35.9 Å². The zero-order valence-electron chi connectivity index (χ0n) is 12.7. The average molecular weight is 310 g/mol. The predicted octanol–water partition coefficient (Wildman–Crippen LogP) is 1.49. The van der Waals surface area contributed by atoms with Crippen molar-refractivity contribution in [2.45, 2.75) is 19.4 Å². The molecule has 0 unspecified atom stereocenters. The van der Waals surface area contributed by atoms with Crippen LogP contribution >= 0.6 is 0 Å². The van der Waals surface area contributed by atoms with E-state index in [1.165, 1.54) is 14.1 Å². The van der Waals surface area contributed by atoms with E-state index in [0.717, 1.165) is 9.87 Å². The SMILES string of the molecule is C[C@H]1CN(C(=O)CCS(=O)(=O)N(C)C)[C@H]1c1ccccc1. The van der Waals surface area contributed by atoms with Crippen LogP contribution in [0.1, 0.15) is 24.9 Å². The molecule has 2 rings (SSSR count). The van der Waals surface area contributed by atoms with Gasteiger partial charge < -0.3 is 4.90 Å². The van der Waals surface area contributed by atoms with E-state index in [0.29, 0.717) is 12.5 Å². The van der Waals surface area contributed by atoms with E-state index < -0.39 is 10.0 Å². The first kappa shape index (κ1) is 16.0. The Morgan fingerprint density at radius 3 is 2.43 bits per heavy atom. The van der Waals surface area contributed by atoms with Gasteiger partial charge in [0.05, 0.1) is 11.8 Å². The zero-order valence-corrected chi connectivity index (χ0v) is 13.5. The number of hydrogen-bond donors (Lipinski definition) is 0. The third-order valence-corrected chi connectivity index (χ3v) is 5.78. The lowest BCUT2D eigenvalue weighted by Crippen LogP contribution is -2.51. The Labute approximate surface area is 126 Å². The number of carbonyl (C=O) groups is 1. The molecule has 1 amide bonds. The first-order chi connectivity index (χ1) is 9.83. The molecule has 0 saturated carbocycles. The molecule has 116 valence electrons. The van der Waals surface area contributed by atoms with Crippen molar-refractivity contribution in [3.63, 3.8) is 0 Å². The molecule has 1 aliphatic heterocycles. The Morgan fingerprint density at radius 2 is 1.90 bits per heavy atom. The zero-order chi connectivity index (χ0) is 15.6. The van der Waals surface area contributed by atoms with Crippen LogP contribution in [0.2, 0.25) is 0 Å². The van der Waals surface area contributed by atoms with Crippen LogP contribution in [0.5, 0.6) is 0 Å². The van der Waals surface area contributed by atoms with Gasteiger partial charge in [0.15, 0.2) is 0 Å². The molecule has 21 heavy (non-hydrogen) atoms.